The van der Waals surface area contributed by atoms with E-state index in [1.807, 2.05) is 0 Å². The van der Waals surface area contributed by atoms with Gasteiger partial charge in [-0.3, -0.25) is 0 Å². The molecule has 0 saturated heterocycles. The molecule has 18 heavy (non-hydrogen) atoms. The molecule has 3 heteroatoms. The summed E-state index contributed by atoms with van der Waals surface area (Å²) >= 11 is 0. The highest BCUT2D eigenvalue weighted by Gasteiger charge is 2.29. The predicted octanol–water partition coefficient (Wildman–Crippen LogP) is 3.72. The summed E-state index contributed by atoms with van der Waals surface area (Å²) in [4.78, 5) is 4.84. The van der Waals surface area contributed by atoms with Crippen LogP contribution in [0.3, 0.4) is 0 Å². The first kappa shape index (κ1) is 15.1. The average Bonchev–Trinajstić information content (AvgIpc) is 2.41. The van der Waals surface area contributed by atoms with Crippen LogP contribution in [0.4, 0.5) is 5.82 Å². The van der Waals surface area contributed by atoms with Crippen LogP contribution in [0.25, 0.3) is 0 Å². The van der Waals surface area contributed by atoms with Gasteiger partial charge in [-0.15, -0.1) is 0 Å². The van der Waals surface area contributed by atoms with Gasteiger partial charge in [-0.05, 0) is 5.92 Å². The van der Waals surface area contributed by atoms with Crippen LogP contribution in [0, 0.1) is 5.92 Å². The molecule has 1 rings (SSSR count). The van der Waals surface area contributed by atoms with Crippen molar-refractivity contribution >= 4 is 5.82 Å². The summed E-state index contributed by atoms with van der Waals surface area (Å²) in [6.45, 7) is 18.4. The second-order valence-corrected chi connectivity index (χ2v) is 7.67. The van der Waals surface area contributed by atoms with Gasteiger partial charge in [0.2, 0.25) is 0 Å². The van der Waals surface area contributed by atoms with Crippen molar-refractivity contribution in [3.63, 3.8) is 0 Å². The lowest BCUT2D eigenvalue weighted by molar-refractivity contribution is 0.454. The third kappa shape index (κ3) is 3.06. The lowest BCUT2D eigenvalue weighted by atomic mass is 9.92. The molecule has 1 aromatic rings. The number of hydrogen-bond donors (Lipinski definition) is 1. The van der Waals surface area contributed by atoms with E-state index < -0.39 is 0 Å². The highest BCUT2D eigenvalue weighted by atomic mass is 15.2. The molecule has 0 fully saturated rings. The third-order valence-corrected chi connectivity index (χ3v) is 2.94. The Morgan fingerprint density at radius 2 is 1.56 bits per heavy atom. The van der Waals surface area contributed by atoms with Gasteiger partial charge >= 0.3 is 0 Å². The van der Waals surface area contributed by atoms with Crippen LogP contribution < -0.4 is 5.73 Å². The zero-order chi connectivity index (χ0) is 14.3. The molecule has 0 saturated carbocycles. The maximum absolute atomic E-state index is 6.34. The third-order valence-electron chi connectivity index (χ3n) is 2.94. The zero-order valence-electron chi connectivity index (χ0n) is 13.3. The predicted molar refractivity (Wildman–Crippen MR) is 78.9 cm³/mol. The highest BCUT2D eigenvalue weighted by Crippen LogP contribution is 2.33. The van der Waals surface area contributed by atoms with Gasteiger partial charge in [0.25, 0.3) is 0 Å². The number of hydrogen-bond acceptors (Lipinski definition) is 2. The van der Waals surface area contributed by atoms with E-state index in [0.29, 0.717) is 5.92 Å². The quantitative estimate of drug-likeness (QED) is 0.870. The first-order chi connectivity index (χ1) is 7.94. The Morgan fingerprint density at radius 3 is 1.89 bits per heavy atom. The fraction of sp³-hybridized carbons (Fsp3) is 0.800. The largest absolute Gasteiger partial charge is 0.384 e. The van der Waals surface area contributed by atoms with E-state index in [2.05, 4.69) is 60.0 Å². The Morgan fingerprint density at radius 1 is 1.06 bits per heavy atom. The molecule has 0 aliphatic carbocycles. The number of anilines is 1. The van der Waals surface area contributed by atoms with Crippen LogP contribution in [0.2, 0.25) is 0 Å². The summed E-state index contributed by atoms with van der Waals surface area (Å²) in [5.41, 5.74) is 7.37. The van der Waals surface area contributed by atoms with E-state index in [0.717, 1.165) is 23.9 Å². The highest BCUT2D eigenvalue weighted by molar-refractivity contribution is 5.43. The number of nitrogens with zero attached hydrogens (tertiary/aromatic N) is 2. The molecule has 0 aliphatic heterocycles. The Hall–Kier alpha value is -0.990. The number of imidazole rings is 1. The number of nitrogens with two attached hydrogens (primary N) is 1. The van der Waals surface area contributed by atoms with Gasteiger partial charge in [0.15, 0.2) is 0 Å². The Kier molecular flexibility index (Phi) is 3.85. The Labute approximate surface area is 112 Å². The molecule has 1 aromatic heterocycles. The molecule has 3 nitrogen and oxygen atoms in total. The molecular weight excluding hydrogens is 222 g/mol. The molecule has 0 atom stereocenters. The summed E-state index contributed by atoms with van der Waals surface area (Å²) < 4.78 is 2.20. The standard InChI is InChI=1S/C15H29N3/c1-10(2)9-18-12(16)11(14(3,4)5)17-13(18)15(6,7)8/h10H,9,16H2,1-8H3. The normalized spacial score (nSPS) is 13.4. The molecule has 0 unspecified atom stereocenters. The summed E-state index contributed by atoms with van der Waals surface area (Å²) in [5.74, 6) is 2.50. The van der Waals surface area contributed by atoms with Gasteiger partial charge < -0.3 is 10.3 Å². The summed E-state index contributed by atoms with van der Waals surface area (Å²) in [6, 6.07) is 0. The lowest BCUT2D eigenvalue weighted by Gasteiger charge is -2.21. The van der Waals surface area contributed by atoms with Gasteiger partial charge in [-0.1, -0.05) is 55.4 Å². The van der Waals surface area contributed by atoms with Crippen molar-refractivity contribution in [2.24, 2.45) is 5.92 Å². The maximum Gasteiger partial charge on any atom is 0.127 e. The van der Waals surface area contributed by atoms with E-state index in [9.17, 15) is 0 Å². The molecule has 104 valence electrons. The first-order valence-corrected chi connectivity index (χ1v) is 6.81. The van der Waals surface area contributed by atoms with Crippen molar-refractivity contribution in [2.75, 3.05) is 5.73 Å². The summed E-state index contributed by atoms with van der Waals surface area (Å²) in [6.07, 6.45) is 0. The van der Waals surface area contributed by atoms with Crippen molar-refractivity contribution in [3.8, 4) is 0 Å². The molecule has 0 aromatic carbocycles. The van der Waals surface area contributed by atoms with Crippen LogP contribution in [-0.2, 0) is 17.4 Å². The van der Waals surface area contributed by atoms with Crippen LogP contribution in [-0.4, -0.2) is 9.55 Å². The van der Waals surface area contributed by atoms with Crippen molar-refractivity contribution in [3.05, 3.63) is 11.5 Å². The monoisotopic (exact) mass is 251 g/mol. The van der Waals surface area contributed by atoms with E-state index in [-0.39, 0.29) is 10.8 Å². The second kappa shape index (κ2) is 4.60. The maximum atomic E-state index is 6.34. The van der Waals surface area contributed by atoms with Crippen molar-refractivity contribution in [2.45, 2.75) is 72.8 Å². The summed E-state index contributed by atoms with van der Waals surface area (Å²) in [7, 11) is 0. The summed E-state index contributed by atoms with van der Waals surface area (Å²) in [5, 5.41) is 0. The van der Waals surface area contributed by atoms with Crippen molar-refractivity contribution < 1.29 is 0 Å². The first-order valence-electron chi connectivity index (χ1n) is 6.81. The number of nitrogen functional groups attached to an aromatic ring is 1. The minimum Gasteiger partial charge on any atom is -0.384 e. The second-order valence-electron chi connectivity index (χ2n) is 7.67. The van der Waals surface area contributed by atoms with E-state index in [4.69, 9.17) is 10.7 Å². The number of rotatable bonds is 2. The topological polar surface area (TPSA) is 43.8 Å². The Balaban J connectivity index is 3.42. The van der Waals surface area contributed by atoms with Crippen molar-refractivity contribution in [1.29, 1.82) is 0 Å². The van der Waals surface area contributed by atoms with Gasteiger partial charge in [-0.25, -0.2) is 4.98 Å². The van der Waals surface area contributed by atoms with Gasteiger partial charge in [0, 0.05) is 17.4 Å². The minimum atomic E-state index is -0.00763. The van der Waals surface area contributed by atoms with Gasteiger partial charge in [0.1, 0.15) is 11.6 Å². The minimum absolute atomic E-state index is 0.00763. The van der Waals surface area contributed by atoms with Gasteiger partial charge in [0.05, 0.1) is 5.69 Å². The van der Waals surface area contributed by atoms with E-state index in [1.165, 1.54) is 0 Å². The molecule has 0 amide bonds. The van der Waals surface area contributed by atoms with Crippen LogP contribution >= 0.6 is 0 Å². The van der Waals surface area contributed by atoms with Gasteiger partial charge in [-0.2, -0.15) is 0 Å². The molecule has 1 heterocycles. The van der Waals surface area contributed by atoms with Crippen LogP contribution in [0.1, 0.15) is 66.9 Å². The Bertz CT molecular complexity index is 414. The van der Waals surface area contributed by atoms with Crippen molar-refractivity contribution in [1.82, 2.24) is 9.55 Å². The zero-order valence-corrected chi connectivity index (χ0v) is 13.3. The van der Waals surface area contributed by atoms with Crippen LogP contribution in [0.15, 0.2) is 0 Å². The molecule has 0 bridgehead atoms. The fourth-order valence-corrected chi connectivity index (χ4v) is 2.14. The molecule has 0 aliphatic rings. The van der Waals surface area contributed by atoms with Crippen LogP contribution in [0.5, 0.6) is 0 Å². The lowest BCUT2D eigenvalue weighted by Crippen LogP contribution is -2.21. The smallest absolute Gasteiger partial charge is 0.127 e. The molecular formula is C15H29N3. The number of aromatic nitrogens is 2. The molecule has 2 N–H and O–H groups in total. The van der Waals surface area contributed by atoms with E-state index in [1.54, 1.807) is 0 Å². The average molecular weight is 251 g/mol. The van der Waals surface area contributed by atoms with E-state index >= 15 is 0 Å². The SMILES string of the molecule is CC(C)Cn1c(C(C)(C)C)nc(C(C)(C)C)c1N. The molecule has 0 spiro atoms. The molecule has 0 radical (unpaired) electrons. The fourth-order valence-electron chi connectivity index (χ4n) is 2.14.